The van der Waals surface area contributed by atoms with E-state index in [1.54, 1.807) is 24.3 Å². The second-order valence-electron chi connectivity index (χ2n) is 6.12. The van der Waals surface area contributed by atoms with Crippen LogP contribution in [-0.2, 0) is 0 Å². The lowest BCUT2D eigenvalue weighted by Gasteiger charge is -2.20. The molecule has 2 N–H and O–H groups in total. The molecule has 8 nitrogen and oxygen atoms in total. The van der Waals surface area contributed by atoms with Crippen LogP contribution in [0.25, 0.3) is 5.57 Å². The zero-order valence-corrected chi connectivity index (χ0v) is 18.1. The molecule has 0 saturated carbocycles. The third-order valence-corrected chi connectivity index (χ3v) is 4.64. The van der Waals surface area contributed by atoms with Gasteiger partial charge < -0.3 is 38.6 Å². The lowest BCUT2D eigenvalue weighted by Crippen LogP contribution is -2.05. The Bertz CT molecular complexity index is 782. The van der Waals surface area contributed by atoms with Crippen LogP contribution in [0, 0.1) is 0 Å². The summed E-state index contributed by atoms with van der Waals surface area (Å²) in [6.45, 7) is -0.724. The number of aliphatic hydroxyl groups is 2. The van der Waals surface area contributed by atoms with Gasteiger partial charge in [0.2, 0.25) is 11.5 Å². The Morgan fingerprint density at radius 1 is 0.567 bits per heavy atom. The molecule has 0 spiro atoms. The van der Waals surface area contributed by atoms with E-state index in [9.17, 15) is 10.2 Å². The number of benzene rings is 2. The Morgan fingerprint density at radius 2 is 0.867 bits per heavy atom. The van der Waals surface area contributed by atoms with Crippen molar-refractivity contribution in [2.45, 2.75) is 0 Å². The minimum absolute atomic E-state index is 0.362. The van der Waals surface area contributed by atoms with E-state index in [0.29, 0.717) is 56.8 Å². The van der Waals surface area contributed by atoms with E-state index in [0.717, 1.165) is 0 Å². The Morgan fingerprint density at radius 3 is 1.07 bits per heavy atom. The van der Waals surface area contributed by atoms with Gasteiger partial charge in [-0.05, 0) is 46.5 Å². The average molecular weight is 420 g/mol. The highest BCUT2D eigenvalue weighted by molar-refractivity contribution is 5.86. The first kappa shape index (κ1) is 23.2. The molecule has 0 heterocycles. The topological polar surface area (TPSA) is 95.8 Å². The number of hydrogen-bond donors (Lipinski definition) is 2. The molecule has 0 unspecified atom stereocenters. The van der Waals surface area contributed by atoms with E-state index >= 15 is 0 Å². The summed E-state index contributed by atoms with van der Waals surface area (Å²) in [4.78, 5) is 0. The van der Waals surface area contributed by atoms with Gasteiger partial charge in [-0.2, -0.15) is 0 Å². The summed E-state index contributed by atoms with van der Waals surface area (Å²) in [7, 11) is 9.10. The van der Waals surface area contributed by atoms with Gasteiger partial charge >= 0.3 is 0 Å². The smallest absolute Gasteiger partial charge is 0.203 e. The molecule has 0 aliphatic carbocycles. The standard InChI is InChI=1S/C22H28O8/c1-25-16-7-13(8-17(26-2)21(16)29-5)20(15(11-23)12-24)14-9-18(27-3)22(30-6)19(10-14)28-4/h7-10,23-24H,11-12H2,1-6H3. The Hall–Kier alpha value is -3.10. The summed E-state index contributed by atoms with van der Waals surface area (Å²) >= 11 is 0. The highest BCUT2D eigenvalue weighted by Gasteiger charge is 2.21. The molecule has 2 rings (SSSR count). The molecule has 0 aromatic heterocycles. The highest BCUT2D eigenvalue weighted by atomic mass is 16.5. The summed E-state index contributed by atoms with van der Waals surface area (Å²) < 4.78 is 32.6. The van der Waals surface area contributed by atoms with Gasteiger partial charge in [-0.1, -0.05) is 0 Å². The Labute approximate surface area is 176 Å². The molecule has 0 saturated heterocycles. The van der Waals surface area contributed by atoms with E-state index in [1.807, 2.05) is 0 Å². The fourth-order valence-electron chi connectivity index (χ4n) is 3.23. The number of methoxy groups -OCH3 is 6. The molecule has 0 aliphatic rings. The van der Waals surface area contributed by atoms with Crippen LogP contribution in [0.2, 0.25) is 0 Å². The normalized spacial score (nSPS) is 10.3. The molecule has 0 amide bonds. The second-order valence-corrected chi connectivity index (χ2v) is 6.12. The zero-order chi connectivity index (χ0) is 22.3. The molecule has 30 heavy (non-hydrogen) atoms. The molecule has 8 heteroatoms. The first-order valence-corrected chi connectivity index (χ1v) is 9.07. The quantitative estimate of drug-likeness (QED) is 0.605. The van der Waals surface area contributed by atoms with Crippen molar-refractivity contribution in [3.8, 4) is 34.5 Å². The number of aliphatic hydroxyl groups excluding tert-OH is 2. The fraction of sp³-hybridized carbons (Fsp3) is 0.364. The largest absolute Gasteiger partial charge is 0.493 e. The van der Waals surface area contributed by atoms with Crippen molar-refractivity contribution in [2.75, 3.05) is 55.9 Å². The van der Waals surface area contributed by atoms with Crippen molar-refractivity contribution < 1.29 is 38.6 Å². The van der Waals surface area contributed by atoms with Crippen LogP contribution in [0.1, 0.15) is 11.1 Å². The second kappa shape index (κ2) is 10.6. The van der Waals surface area contributed by atoms with E-state index in [4.69, 9.17) is 28.4 Å². The van der Waals surface area contributed by atoms with Crippen LogP contribution in [0.5, 0.6) is 34.5 Å². The summed E-state index contributed by atoms with van der Waals surface area (Å²) in [5.41, 5.74) is 2.23. The van der Waals surface area contributed by atoms with Crippen LogP contribution in [-0.4, -0.2) is 66.1 Å². The summed E-state index contributed by atoms with van der Waals surface area (Å²) in [5.74, 6) is 2.61. The summed E-state index contributed by atoms with van der Waals surface area (Å²) in [6, 6.07) is 6.97. The maximum atomic E-state index is 9.93. The number of ether oxygens (including phenoxy) is 6. The number of hydrogen-bond acceptors (Lipinski definition) is 8. The molecular weight excluding hydrogens is 392 g/mol. The monoisotopic (exact) mass is 420 g/mol. The van der Waals surface area contributed by atoms with Crippen molar-refractivity contribution in [3.05, 3.63) is 41.0 Å². The average Bonchev–Trinajstić information content (AvgIpc) is 2.80. The molecule has 0 bridgehead atoms. The molecule has 0 atom stereocenters. The molecule has 0 fully saturated rings. The van der Waals surface area contributed by atoms with Crippen LogP contribution < -0.4 is 28.4 Å². The van der Waals surface area contributed by atoms with Gasteiger partial charge in [-0.25, -0.2) is 0 Å². The van der Waals surface area contributed by atoms with Crippen LogP contribution in [0.3, 0.4) is 0 Å². The Balaban J connectivity index is 2.88. The van der Waals surface area contributed by atoms with Gasteiger partial charge in [-0.3, -0.25) is 0 Å². The third-order valence-electron chi connectivity index (χ3n) is 4.64. The van der Waals surface area contributed by atoms with Crippen molar-refractivity contribution >= 4 is 5.57 Å². The van der Waals surface area contributed by atoms with Crippen molar-refractivity contribution in [1.82, 2.24) is 0 Å². The van der Waals surface area contributed by atoms with Crippen molar-refractivity contribution in [1.29, 1.82) is 0 Å². The predicted molar refractivity (Wildman–Crippen MR) is 112 cm³/mol. The molecule has 2 aromatic rings. The SMILES string of the molecule is COc1cc(C(=C(CO)CO)c2cc(OC)c(OC)c(OC)c2)cc(OC)c1OC. The first-order chi connectivity index (χ1) is 14.5. The van der Waals surface area contributed by atoms with Gasteiger partial charge in [0.25, 0.3) is 0 Å². The van der Waals surface area contributed by atoms with E-state index < -0.39 is 0 Å². The van der Waals surface area contributed by atoms with E-state index in [1.165, 1.54) is 42.7 Å². The Kier molecular flexibility index (Phi) is 8.20. The minimum atomic E-state index is -0.362. The van der Waals surface area contributed by atoms with Crippen LogP contribution >= 0.6 is 0 Å². The minimum Gasteiger partial charge on any atom is -0.493 e. The molecule has 164 valence electrons. The van der Waals surface area contributed by atoms with Gasteiger partial charge in [0.05, 0.1) is 55.9 Å². The third kappa shape index (κ3) is 4.39. The highest BCUT2D eigenvalue weighted by Crippen LogP contribution is 2.45. The van der Waals surface area contributed by atoms with Gasteiger partial charge in [0, 0.05) is 0 Å². The lowest BCUT2D eigenvalue weighted by molar-refractivity contribution is 0.277. The summed E-state index contributed by atoms with van der Waals surface area (Å²) in [5, 5.41) is 19.9. The molecule has 0 radical (unpaired) electrons. The maximum Gasteiger partial charge on any atom is 0.203 e. The first-order valence-electron chi connectivity index (χ1n) is 9.07. The van der Waals surface area contributed by atoms with Gasteiger partial charge in [0.1, 0.15) is 0 Å². The fourth-order valence-corrected chi connectivity index (χ4v) is 3.23. The zero-order valence-electron chi connectivity index (χ0n) is 18.1. The number of rotatable bonds is 10. The van der Waals surface area contributed by atoms with Crippen LogP contribution in [0.4, 0.5) is 0 Å². The summed E-state index contributed by atoms with van der Waals surface area (Å²) in [6.07, 6.45) is 0. The molecule has 0 aliphatic heterocycles. The van der Waals surface area contributed by atoms with Crippen LogP contribution in [0.15, 0.2) is 29.8 Å². The van der Waals surface area contributed by atoms with Gasteiger partial charge in [0.15, 0.2) is 23.0 Å². The molecular formula is C22H28O8. The van der Waals surface area contributed by atoms with Crippen molar-refractivity contribution in [3.63, 3.8) is 0 Å². The van der Waals surface area contributed by atoms with Gasteiger partial charge in [-0.15, -0.1) is 0 Å². The lowest BCUT2D eigenvalue weighted by atomic mass is 9.92. The maximum absolute atomic E-state index is 9.93. The molecule has 2 aromatic carbocycles. The van der Waals surface area contributed by atoms with E-state index in [-0.39, 0.29) is 13.2 Å². The van der Waals surface area contributed by atoms with E-state index in [2.05, 4.69) is 0 Å². The predicted octanol–water partition coefficient (Wildman–Crippen LogP) is 2.52. The van der Waals surface area contributed by atoms with Crippen molar-refractivity contribution in [2.24, 2.45) is 0 Å².